The highest BCUT2D eigenvalue weighted by atomic mass is 19.1. The van der Waals surface area contributed by atoms with Crippen molar-refractivity contribution in [1.82, 2.24) is 9.55 Å². The van der Waals surface area contributed by atoms with Gasteiger partial charge in [0.2, 0.25) is 0 Å². The second-order valence-electron chi connectivity index (χ2n) is 5.46. The van der Waals surface area contributed by atoms with E-state index in [9.17, 15) is 9.50 Å². The van der Waals surface area contributed by atoms with Crippen molar-refractivity contribution >= 4 is 0 Å². The van der Waals surface area contributed by atoms with Crippen LogP contribution in [0, 0.1) is 11.7 Å². The molecule has 4 nitrogen and oxygen atoms in total. The molecule has 3 heterocycles. The van der Waals surface area contributed by atoms with Crippen LogP contribution in [0.25, 0.3) is 11.3 Å². The maximum atomic E-state index is 13.5. The lowest BCUT2D eigenvalue weighted by atomic mass is 9.85. The average molecular weight is 274 g/mol. The molecule has 20 heavy (non-hydrogen) atoms. The zero-order valence-corrected chi connectivity index (χ0v) is 10.9. The number of aliphatic hydroxyl groups excluding tert-OH is 1. The van der Waals surface area contributed by atoms with Crippen LogP contribution in [0.2, 0.25) is 0 Å². The number of rotatable bonds is 1. The summed E-state index contributed by atoms with van der Waals surface area (Å²) in [4.78, 5) is 4.17. The van der Waals surface area contributed by atoms with Gasteiger partial charge in [0.05, 0.1) is 37.0 Å². The standard InChI is InChI=1S/C15H15FN2O2/c16-9-1-2-10-12(5-9)13-6-17-8-18(13)15(10)11-3-4-20-7-14(11)19/h1-2,5-6,8,11,14-15,19H,3-4,7H2/t11-,14-,15+/m0/s1. The van der Waals surface area contributed by atoms with E-state index in [1.54, 1.807) is 18.6 Å². The molecule has 0 radical (unpaired) electrons. The zero-order chi connectivity index (χ0) is 13.7. The number of fused-ring (bicyclic) bond motifs is 3. The van der Waals surface area contributed by atoms with Crippen LogP contribution in [0.3, 0.4) is 0 Å². The van der Waals surface area contributed by atoms with Crippen LogP contribution in [0.1, 0.15) is 18.0 Å². The Kier molecular flexibility index (Phi) is 2.65. The first-order valence-electron chi connectivity index (χ1n) is 6.83. The lowest BCUT2D eigenvalue weighted by Gasteiger charge is -2.33. The van der Waals surface area contributed by atoms with Crippen molar-refractivity contribution in [2.24, 2.45) is 5.92 Å². The van der Waals surface area contributed by atoms with E-state index < -0.39 is 6.10 Å². The molecular formula is C15H15FN2O2. The number of hydrogen-bond donors (Lipinski definition) is 1. The first-order chi connectivity index (χ1) is 9.75. The number of ether oxygens (including phenoxy) is 1. The average Bonchev–Trinajstić information content (AvgIpc) is 3.00. The molecule has 1 aromatic carbocycles. The summed E-state index contributed by atoms with van der Waals surface area (Å²) in [5, 5.41) is 10.2. The number of halogens is 1. The van der Waals surface area contributed by atoms with Crippen LogP contribution in [0.15, 0.2) is 30.7 Å². The monoisotopic (exact) mass is 274 g/mol. The van der Waals surface area contributed by atoms with Crippen LogP contribution in [0.4, 0.5) is 4.39 Å². The van der Waals surface area contributed by atoms with Crippen LogP contribution >= 0.6 is 0 Å². The van der Waals surface area contributed by atoms with E-state index in [1.165, 1.54) is 6.07 Å². The Morgan fingerprint density at radius 2 is 2.30 bits per heavy atom. The van der Waals surface area contributed by atoms with Gasteiger partial charge in [-0.1, -0.05) is 6.07 Å². The van der Waals surface area contributed by atoms with E-state index in [4.69, 9.17) is 4.74 Å². The molecule has 2 aromatic rings. The molecule has 2 aliphatic rings. The minimum Gasteiger partial charge on any atom is -0.390 e. The Morgan fingerprint density at radius 3 is 3.15 bits per heavy atom. The van der Waals surface area contributed by atoms with Crippen molar-refractivity contribution in [3.05, 3.63) is 42.1 Å². The summed E-state index contributed by atoms with van der Waals surface area (Å²) in [7, 11) is 0. The molecule has 2 aliphatic heterocycles. The smallest absolute Gasteiger partial charge is 0.123 e. The normalized spacial score (nSPS) is 28.2. The van der Waals surface area contributed by atoms with Crippen LogP contribution in [0.5, 0.6) is 0 Å². The lowest BCUT2D eigenvalue weighted by Crippen LogP contribution is -2.37. The molecule has 4 rings (SSSR count). The van der Waals surface area contributed by atoms with Gasteiger partial charge in [-0.05, 0) is 24.1 Å². The first kappa shape index (κ1) is 12.1. The highest BCUT2D eigenvalue weighted by Gasteiger charge is 2.39. The molecule has 0 aliphatic carbocycles. The number of imidazole rings is 1. The second kappa shape index (κ2) is 4.40. The van der Waals surface area contributed by atoms with Crippen LogP contribution < -0.4 is 0 Å². The predicted octanol–water partition coefficient (Wildman–Crippen LogP) is 1.99. The topological polar surface area (TPSA) is 47.3 Å². The number of nitrogens with zero attached hydrogens (tertiary/aromatic N) is 2. The number of hydrogen-bond acceptors (Lipinski definition) is 3. The van der Waals surface area contributed by atoms with Gasteiger partial charge in [-0.3, -0.25) is 0 Å². The molecule has 0 spiro atoms. The highest BCUT2D eigenvalue weighted by Crippen LogP contribution is 2.45. The Hall–Kier alpha value is -1.72. The maximum absolute atomic E-state index is 13.5. The van der Waals surface area contributed by atoms with E-state index in [-0.39, 0.29) is 17.8 Å². The van der Waals surface area contributed by atoms with Crippen LogP contribution in [-0.4, -0.2) is 34.0 Å². The second-order valence-corrected chi connectivity index (χ2v) is 5.46. The zero-order valence-electron chi connectivity index (χ0n) is 10.9. The molecule has 1 aromatic heterocycles. The molecule has 0 bridgehead atoms. The Bertz CT molecular complexity index is 655. The number of aromatic nitrogens is 2. The van der Waals surface area contributed by atoms with Gasteiger partial charge in [0.1, 0.15) is 5.82 Å². The molecular weight excluding hydrogens is 259 g/mol. The molecule has 3 atom stereocenters. The van der Waals surface area contributed by atoms with Gasteiger partial charge in [-0.25, -0.2) is 9.37 Å². The molecule has 0 saturated carbocycles. The van der Waals surface area contributed by atoms with Gasteiger partial charge in [-0.15, -0.1) is 0 Å². The van der Waals surface area contributed by atoms with Crippen LogP contribution in [-0.2, 0) is 4.74 Å². The summed E-state index contributed by atoms with van der Waals surface area (Å²) in [5.41, 5.74) is 2.86. The van der Waals surface area contributed by atoms with Crippen molar-refractivity contribution in [2.75, 3.05) is 13.2 Å². The number of aliphatic hydroxyl groups is 1. The Balaban J connectivity index is 1.85. The SMILES string of the molecule is O[C@H]1COCC[C@@H]1[C@H]1c2ccc(F)cc2-c2cncn21. The summed E-state index contributed by atoms with van der Waals surface area (Å²) >= 11 is 0. The van der Waals surface area contributed by atoms with E-state index in [1.807, 2.05) is 10.6 Å². The first-order valence-corrected chi connectivity index (χ1v) is 6.83. The third-order valence-corrected chi connectivity index (χ3v) is 4.36. The molecule has 1 saturated heterocycles. The van der Waals surface area contributed by atoms with Crippen molar-refractivity contribution in [2.45, 2.75) is 18.6 Å². The fraction of sp³-hybridized carbons (Fsp3) is 0.400. The van der Waals surface area contributed by atoms with Crippen molar-refractivity contribution in [3.8, 4) is 11.3 Å². The van der Waals surface area contributed by atoms with E-state index in [0.29, 0.717) is 13.2 Å². The van der Waals surface area contributed by atoms with Crippen molar-refractivity contribution in [1.29, 1.82) is 0 Å². The Morgan fingerprint density at radius 1 is 1.40 bits per heavy atom. The summed E-state index contributed by atoms with van der Waals surface area (Å²) in [6.45, 7) is 1.01. The minimum atomic E-state index is -0.500. The lowest BCUT2D eigenvalue weighted by molar-refractivity contribution is -0.0540. The molecule has 0 unspecified atom stereocenters. The highest BCUT2D eigenvalue weighted by molar-refractivity contribution is 5.69. The van der Waals surface area contributed by atoms with E-state index >= 15 is 0 Å². The maximum Gasteiger partial charge on any atom is 0.123 e. The molecule has 104 valence electrons. The van der Waals surface area contributed by atoms with Gasteiger partial charge in [0.15, 0.2) is 0 Å². The van der Waals surface area contributed by atoms with Gasteiger partial charge in [0.25, 0.3) is 0 Å². The fourth-order valence-electron chi connectivity index (χ4n) is 3.44. The Labute approximate surface area is 115 Å². The fourth-order valence-corrected chi connectivity index (χ4v) is 3.44. The minimum absolute atomic E-state index is 0.0157. The summed E-state index contributed by atoms with van der Waals surface area (Å²) in [6, 6.07) is 4.87. The quantitative estimate of drug-likeness (QED) is 0.865. The summed E-state index contributed by atoms with van der Waals surface area (Å²) < 4.78 is 20.9. The van der Waals surface area contributed by atoms with Gasteiger partial charge >= 0.3 is 0 Å². The molecule has 5 heteroatoms. The van der Waals surface area contributed by atoms with Gasteiger partial charge in [-0.2, -0.15) is 0 Å². The van der Waals surface area contributed by atoms with E-state index in [2.05, 4.69) is 4.98 Å². The van der Waals surface area contributed by atoms with Gasteiger partial charge in [0, 0.05) is 18.1 Å². The largest absolute Gasteiger partial charge is 0.390 e. The summed E-state index contributed by atoms with van der Waals surface area (Å²) in [6.07, 6.45) is 3.81. The predicted molar refractivity (Wildman–Crippen MR) is 70.7 cm³/mol. The van der Waals surface area contributed by atoms with Crippen molar-refractivity contribution in [3.63, 3.8) is 0 Å². The third kappa shape index (κ3) is 1.63. The third-order valence-electron chi connectivity index (χ3n) is 4.36. The summed E-state index contributed by atoms with van der Waals surface area (Å²) in [5.74, 6) is -0.173. The van der Waals surface area contributed by atoms with Gasteiger partial charge < -0.3 is 14.4 Å². The molecule has 1 N–H and O–H groups in total. The number of benzene rings is 1. The molecule has 1 fully saturated rings. The van der Waals surface area contributed by atoms with E-state index in [0.717, 1.165) is 23.2 Å². The molecule has 0 amide bonds. The van der Waals surface area contributed by atoms with Crippen molar-refractivity contribution < 1.29 is 14.2 Å².